The number of nitrogens with one attached hydrogen (secondary N) is 1. The molecule has 0 saturated heterocycles. The van der Waals surface area contributed by atoms with E-state index in [1.165, 1.54) is 12.1 Å². The molecule has 0 fully saturated rings. The van der Waals surface area contributed by atoms with Gasteiger partial charge in [0.15, 0.2) is 0 Å². The van der Waals surface area contributed by atoms with E-state index in [0.29, 0.717) is 13.0 Å². The van der Waals surface area contributed by atoms with E-state index in [1.807, 2.05) is 20.8 Å². The molecule has 21 heavy (non-hydrogen) atoms. The molecule has 0 aromatic heterocycles. The second kappa shape index (κ2) is 6.79. The largest absolute Gasteiger partial charge is 0.501 e. The van der Waals surface area contributed by atoms with Crippen molar-refractivity contribution in [1.82, 2.24) is 5.32 Å². The predicted molar refractivity (Wildman–Crippen MR) is 75.9 cm³/mol. The van der Waals surface area contributed by atoms with Crippen LogP contribution in [0.1, 0.15) is 38.7 Å². The van der Waals surface area contributed by atoms with Crippen molar-refractivity contribution in [3.63, 3.8) is 0 Å². The number of sulfone groups is 1. The zero-order valence-electron chi connectivity index (χ0n) is 12.2. The number of halogens is 3. The number of rotatable bonds is 6. The summed E-state index contributed by atoms with van der Waals surface area (Å²) < 4.78 is 61.9. The number of alkyl halides is 3. The SMILES string of the molecule is CCNC(C)C(CC)c1ccccc1S(=O)(=O)C(F)(F)F. The third kappa shape index (κ3) is 3.77. The van der Waals surface area contributed by atoms with Gasteiger partial charge in [0.25, 0.3) is 9.84 Å². The first-order valence-electron chi connectivity index (χ1n) is 6.80. The Balaban J connectivity index is 3.39. The number of benzene rings is 1. The molecule has 0 radical (unpaired) electrons. The zero-order valence-corrected chi connectivity index (χ0v) is 13.1. The molecular weight excluding hydrogens is 303 g/mol. The highest BCUT2D eigenvalue weighted by molar-refractivity contribution is 7.92. The molecule has 2 unspecified atom stereocenters. The summed E-state index contributed by atoms with van der Waals surface area (Å²) in [5.41, 5.74) is -5.08. The van der Waals surface area contributed by atoms with Crippen molar-refractivity contribution in [2.45, 2.75) is 49.6 Å². The van der Waals surface area contributed by atoms with Gasteiger partial charge in [0.05, 0.1) is 4.90 Å². The lowest BCUT2D eigenvalue weighted by Crippen LogP contribution is -2.33. The molecule has 1 aromatic carbocycles. The Kier molecular flexibility index (Phi) is 5.81. The van der Waals surface area contributed by atoms with Crippen molar-refractivity contribution in [2.24, 2.45) is 0 Å². The van der Waals surface area contributed by atoms with Crippen LogP contribution in [0, 0.1) is 0 Å². The maximum atomic E-state index is 12.8. The molecule has 3 nitrogen and oxygen atoms in total. The highest BCUT2D eigenvalue weighted by Gasteiger charge is 2.48. The van der Waals surface area contributed by atoms with Crippen molar-refractivity contribution in [3.8, 4) is 0 Å². The molecule has 0 spiro atoms. The third-order valence-corrected chi connectivity index (χ3v) is 5.04. The van der Waals surface area contributed by atoms with Crippen LogP contribution in [0.25, 0.3) is 0 Å². The third-order valence-electron chi connectivity index (χ3n) is 3.48. The fourth-order valence-corrected chi connectivity index (χ4v) is 3.50. The molecule has 0 aliphatic heterocycles. The molecule has 1 N–H and O–H groups in total. The molecule has 2 atom stereocenters. The summed E-state index contributed by atoms with van der Waals surface area (Å²) in [5.74, 6) is -0.307. The topological polar surface area (TPSA) is 46.2 Å². The molecule has 120 valence electrons. The highest BCUT2D eigenvalue weighted by atomic mass is 32.2. The van der Waals surface area contributed by atoms with Gasteiger partial charge in [0, 0.05) is 6.04 Å². The Morgan fingerprint density at radius 3 is 2.24 bits per heavy atom. The van der Waals surface area contributed by atoms with Crippen LogP contribution in [0.3, 0.4) is 0 Å². The van der Waals surface area contributed by atoms with Gasteiger partial charge in [-0.05, 0) is 37.4 Å². The maximum absolute atomic E-state index is 12.8. The smallest absolute Gasteiger partial charge is 0.314 e. The van der Waals surface area contributed by atoms with Crippen molar-refractivity contribution in [1.29, 1.82) is 0 Å². The minimum Gasteiger partial charge on any atom is -0.314 e. The average Bonchev–Trinajstić information content (AvgIpc) is 2.39. The molecule has 0 aliphatic rings. The van der Waals surface area contributed by atoms with Crippen LogP contribution >= 0.6 is 0 Å². The normalized spacial score (nSPS) is 15.7. The zero-order chi connectivity index (χ0) is 16.3. The van der Waals surface area contributed by atoms with E-state index in [1.54, 1.807) is 6.07 Å². The van der Waals surface area contributed by atoms with Crippen LogP contribution in [0.5, 0.6) is 0 Å². The Labute approximate surface area is 123 Å². The van der Waals surface area contributed by atoms with Gasteiger partial charge in [-0.25, -0.2) is 8.42 Å². The first-order chi connectivity index (χ1) is 9.66. The Morgan fingerprint density at radius 2 is 1.76 bits per heavy atom. The molecule has 0 amide bonds. The molecule has 1 rings (SSSR count). The summed E-state index contributed by atoms with van der Waals surface area (Å²) in [6.45, 7) is 6.22. The first-order valence-corrected chi connectivity index (χ1v) is 8.28. The quantitative estimate of drug-likeness (QED) is 0.872. The van der Waals surface area contributed by atoms with Crippen LogP contribution in [-0.4, -0.2) is 26.5 Å². The highest BCUT2D eigenvalue weighted by Crippen LogP contribution is 2.36. The summed E-state index contributed by atoms with van der Waals surface area (Å²) in [5, 5.41) is 3.14. The minimum absolute atomic E-state index is 0.121. The Bertz CT molecular complexity index is 570. The summed E-state index contributed by atoms with van der Waals surface area (Å²) >= 11 is 0. The summed E-state index contributed by atoms with van der Waals surface area (Å²) in [6.07, 6.45) is 0.540. The second-order valence-corrected chi connectivity index (χ2v) is 6.76. The van der Waals surface area contributed by atoms with Crippen molar-refractivity contribution >= 4 is 9.84 Å². The van der Waals surface area contributed by atoms with E-state index in [9.17, 15) is 21.6 Å². The van der Waals surface area contributed by atoms with Crippen LogP contribution in [0.15, 0.2) is 29.2 Å². The lowest BCUT2D eigenvalue weighted by molar-refractivity contribution is -0.0436. The molecular formula is C14H20F3NO2S. The van der Waals surface area contributed by atoms with Crippen molar-refractivity contribution in [2.75, 3.05) is 6.54 Å². The Morgan fingerprint density at radius 1 is 1.19 bits per heavy atom. The van der Waals surface area contributed by atoms with E-state index in [-0.39, 0.29) is 17.5 Å². The van der Waals surface area contributed by atoms with Crippen molar-refractivity contribution in [3.05, 3.63) is 29.8 Å². The monoisotopic (exact) mass is 323 g/mol. The van der Waals surface area contributed by atoms with Crippen molar-refractivity contribution < 1.29 is 21.6 Å². The van der Waals surface area contributed by atoms with E-state index in [0.717, 1.165) is 6.07 Å². The van der Waals surface area contributed by atoms with Gasteiger partial charge in [-0.3, -0.25) is 0 Å². The summed E-state index contributed by atoms with van der Waals surface area (Å²) in [7, 11) is -5.34. The molecule has 7 heteroatoms. The van der Waals surface area contributed by atoms with Gasteiger partial charge >= 0.3 is 5.51 Å². The van der Waals surface area contributed by atoms with Crippen LogP contribution in [0.4, 0.5) is 13.2 Å². The fourth-order valence-electron chi connectivity index (χ4n) is 2.46. The second-order valence-electron chi connectivity index (χ2n) is 4.85. The first kappa shape index (κ1) is 18.0. The summed E-state index contributed by atoms with van der Waals surface area (Å²) in [4.78, 5) is -0.644. The van der Waals surface area contributed by atoms with Crippen LogP contribution in [0.2, 0.25) is 0 Å². The van der Waals surface area contributed by atoms with E-state index in [4.69, 9.17) is 0 Å². The van der Waals surface area contributed by atoms with Gasteiger partial charge in [-0.15, -0.1) is 0 Å². The Hall–Kier alpha value is -1.08. The number of hydrogen-bond donors (Lipinski definition) is 1. The average molecular weight is 323 g/mol. The molecule has 0 saturated carbocycles. The molecule has 0 bridgehead atoms. The maximum Gasteiger partial charge on any atom is 0.501 e. The van der Waals surface area contributed by atoms with Gasteiger partial charge < -0.3 is 5.32 Å². The van der Waals surface area contributed by atoms with E-state index >= 15 is 0 Å². The van der Waals surface area contributed by atoms with Gasteiger partial charge in [-0.2, -0.15) is 13.2 Å². The van der Waals surface area contributed by atoms with E-state index < -0.39 is 20.2 Å². The van der Waals surface area contributed by atoms with Gasteiger partial charge in [-0.1, -0.05) is 32.0 Å². The molecule has 0 aliphatic carbocycles. The lowest BCUT2D eigenvalue weighted by atomic mass is 9.90. The lowest BCUT2D eigenvalue weighted by Gasteiger charge is -2.26. The predicted octanol–water partition coefficient (Wildman–Crippen LogP) is 3.47. The van der Waals surface area contributed by atoms with Gasteiger partial charge in [0.1, 0.15) is 0 Å². The van der Waals surface area contributed by atoms with Crippen LogP contribution < -0.4 is 5.32 Å². The van der Waals surface area contributed by atoms with Crippen LogP contribution in [-0.2, 0) is 9.84 Å². The number of hydrogen-bond acceptors (Lipinski definition) is 3. The molecule has 0 heterocycles. The summed E-state index contributed by atoms with van der Waals surface area (Å²) in [6, 6.07) is 5.24. The molecule has 1 aromatic rings. The number of likely N-dealkylation sites (N-methyl/N-ethyl adjacent to an activating group) is 1. The standard InChI is InChI=1S/C14H20F3NO2S/c1-4-11(10(3)18-5-2)12-8-6-7-9-13(12)21(19,20)14(15,16)17/h6-11,18H,4-5H2,1-3H3. The van der Waals surface area contributed by atoms with Gasteiger partial charge in [0.2, 0.25) is 0 Å². The van der Waals surface area contributed by atoms with E-state index in [2.05, 4.69) is 5.32 Å². The minimum atomic E-state index is -5.34. The fraction of sp³-hybridized carbons (Fsp3) is 0.571.